The number of nitrogens with one attached hydrogen (secondary N) is 2. The van der Waals surface area contributed by atoms with Gasteiger partial charge in [-0.1, -0.05) is 32.9 Å². The molecule has 7 heteroatoms. The van der Waals surface area contributed by atoms with Gasteiger partial charge < -0.3 is 24.8 Å². The summed E-state index contributed by atoms with van der Waals surface area (Å²) in [6, 6.07) is 6.38. The molecule has 6 nitrogen and oxygen atoms in total. The van der Waals surface area contributed by atoms with Crippen LogP contribution < -0.4 is 15.4 Å². The van der Waals surface area contributed by atoms with E-state index >= 15 is 0 Å². The summed E-state index contributed by atoms with van der Waals surface area (Å²) in [6.45, 7) is 16.5. The lowest BCUT2D eigenvalue weighted by Gasteiger charge is -2.40. The quantitative estimate of drug-likeness (QED) is 0.263. The van der Waals surface area contributed by atoms with Crippen LogP contribution in [0, 0.1) is 24.2 Å². The summed E-state index contributed by atoms with van der Waals surface area (Å²) in [5.41, 5.74) is 2.45. The van der Waals surface area contributed by atoms with Crippen LogP contribution >= 0.6 is 24.0 Å². The molecule has 0 saturated carbocycles. The van der Waals surface area contributed by atoms with Crippen molar-refractivity contribution in [2.24, 2.45) is 22.2 Å². The molecule has 0 radical (unpaired) electrons. The first kappa shape index (κ1) is 28.2. The standard InChI is InChI=1S/C26H43N3O3.HI/c1-6-27-25(29-16-22-8-7-12-31-24(22)26(3,4)5)28-15-21-10-9-19(2)14-23(21)32-18-20-11-13-30-17-20;/h9-10,14,20,22,24H,6-8,11-13,15-18H2,1-5H3,(H2,27,28,29);1H. The van der Waals surface area contributed by atoms with Gasteiger partial charge in [-0.05, 0) is 50.2 Å². The Morgan fingerprint density at radius 3 is 2.70 bits per heavy atom. The van der Waals surface area contributed by atoms with Crippen molar-refractivity contribution in [3.8, 4) is 5.75 Å². The van der Waals surface area contributed by atoms with Gasteiger partial charge in [0.05, 0.1) is 25.9 Å². The summed E-state index contributed by atoms with van der Waals surface area (Å²) in [6.07, 6.45) is 3.66. The topological polar surface area (TPSA) is 64.1 Å². The van der Waals surface area contributed by atoms with E-state index in [1.165, 1.54) is 12.0 Å². The van der Waals surface area contributed by atoms with E-state index in [0.717, 1.165) is 63.0 Å². The third kappa shape index (κ3) is 8.91. The molecule has 2 N–H and O–H groups in total. The van der Waals surface area contributed by atoms with E-state index < -0.39 is 0 Å². The van der Waals surface area contributed by atoms with Gasteiger partial charge >= 0.3 is 0 Å². The predicted molar refractivity (Wildman–Crippen MR) is 146 cm³/mol. The fourth-order valence-corrected chi connectivity index (χ4v) is 4.59. The monoisotopic (exact) mass is 573 g/mol. The summed E-state index contributed by atoms with van der Waals surface area (Å²) in [5, 5.41) is 6.97. The SMILES string of the molecule is CCNC(=NCc1ccc(C)cc1OCC1CCOC1)NCC1CCCOC1C(C)(C)C.I. The molecule has 2 aliphatic rings. The van der Waals surface area contributed by atoms with Crippen molar-refractivity contribution in [3.63, 3.8) is 0 Å². The molecule has 33 heavy (non-hydrogen) atoms. The molecule has 188 valence electrons. The molecule has 0 spiro atoms. The van der Waals surface area contributed by atoms with Gasteiger partial charge in [0.2, 0.25) is 0 Å². The Morgan fingerprint density at radius 2 is 2.00 bits per heavy atom. The van der Waals surface area contributed by atoms with Crippen LogP contribution in [0.15, 0.2) is 23.2 Å². The Balaban J connectivity index is 0.00000385. The van der Waals surface area contributed by atoms with E-state index in [1.807, 2.05) is 0 Å². The number of ether oxygens (including phenoxy) is 3. The normalized spacial score (nSPS) is 23.7. The molecule has 1 aromatic rings. The van der Waals surface area contributed by atoms with Crippen molar-refractivity contribution in [2.75, 3.05) is 39.5 Å². The van der Waals surface area contributed by atoms with Crippen LogP contribution in [0.1, 0.15) is 58.1 Å². The first-order chi connectivity index (χ1) is 15.4. The van der Waals surface area contributed by atoms with Gasteiger partial charge in [0, 0.05) is 43.7 Å². The minimum Gasteiger partial charge on any atom is -0.493 e. The minimum absolute atomic E-state index is 0. The maximum Gasteiger partial charge on any atom is 0.191 e. The summed E-state index contributed by atoms with van der Waals surface area (Å²) in [4.78, 5) is 4.87. The van der Waals surface area contributed by atoms with Gasteiger partial charge in [0.15, 0.2) is 5.96 Å². The lowest BCUT2D eigenvalue weighted by atomic mass is 9.78. The van der Waals surface area contributed by atoms with Crippen molar-refractivity contribution in [3.05, 3.63) is 29.3 Å². The second-order valence-corrected chi connectivity index (χ2v) is 10.3. The molecule has 0 bridgehead atoms. The maximum absolute atomic E-state index is 6.19. The zero-order valence-corrected chi connectivity index (χ0v) is 23.4. The van der Waals surface area contributed by atoms with Gasteiger partial charge in [0.1, 0.15) is 5.75 Å². The first-order valence-corrected chi connectivity index (χ1v) is 12.3. The second kappa shape index (κ2) is 13.7. The van der Waals surface area contributed by atoms with Gasteiger partial charge in [-0.3, -0.25) is 0 Å². The van der Waals surface area contributed by atoms with E-state index in [-0.39, 0.29) is 35.5 Å². The van der Waals surface area contributed by atoms with Crippen molar-refractivity contribution < 1.29 is 14.2 Å². The molecule has 1 aromatic carbocycles. The van der Waals surface area contributed by atoms with Crippen molar-refractivity contribution in [1.29, 1.82) is 0 Å². The molecule has 0 aliphatic carbocycles. The molecule has 2 aliphatic heterocycles. The lowest BCUT2D eigenvalue weighted by molar-refractivity contribution is -0.0835. The third-order valence-corrected chi connectivity index (χ3v) is 6.30. The van der Waals surface area contributed by atoms with E-state index in [1.54, 1.807) is 0 Å². The van der Waals surface area contributed by atoms with Crippen LogP contribution in [0.4, 0.5) is 0 Å². The first-order valence-electron chi connectivity index (χ1n) is 12.3. The van der Waals surface area contributed by atoms with Crippen LogP contribution in [0.5, 0.6) is 5.75 Å². The van der Waals surface area contributed by atoms with Crippen LogP contribution in [0.25, 0.3) is 0 Å². The lowest BCUT2D eigenvalue weighted by Crippen LogP contribution is -2.47. The van der Waals surface area contributed by atoms with E-state index in [9.17, 15) is 0 Å². The van der Waals surface area contributed by atoms with Gasteiger partial charge in [-0.25, -0.2) is 4.99 Å². The summed E-state index contributed by atoms with van der Waals surface area (Å²) in [7, 11) is 0. The minimum atomic E-state index is 0. The molecule has 2 fully saturated rings. The van der Waals surface area contributed by atoms with Crippen molar-refractivity contribution in [2.45, 2.75) is 66.5 Å². The zero-order chi connectivity index (χ0) is 23.0. The van der Waals surface area contributed by atoms with Crippen LogP contribution in [-0.4, -0.2) is 51.6 Å². The molecule has 3 atom stereocenters. The highest BCUT2D eigenvalue weighted by Gasteiger charge is 2.35. The number of halogens is 1. The number of aryl methyl sites for hydroxylation is 1. The highest BCUT2D eigenvalue weighted by molar-refractivity contribution is 14.0. The predicted octanol–water partition coefficient (Wildman–Crippen LogP) is 4.92. The number of rotatable bonds is 8. The third-order valence-electron chi connectivity index (χ3n) is 6.30. The molecular formula is C26H44IN3O3. The Hall–Kier alpha value is -1.06. The number of hydrogen-bond acceptors (Lipinski definition) is 4. The fourth-order valence-electron chi connectivity index (χ4n) is 4.59. The molecule has 0 amide bonds. The van der Waals surface area contributed by atoms with Crippen molar-refractivity contribution in [1.82, 2.24) is 10.6 Å². The van der Waals surface area contributed by atoms with Gasteiger partial charge in [0.25, 0.3) is 0 Å². The van der Waals surface area contributed by atoms with E-state index in [4.69, 9.17) is 19.2 Å². The molecular weight excluding hydrogens is 529 g/mol. The number of hydrogen-bond donors (Lipinski definition) is 2. The van der Waals surface area contributed by atoms with Gasteiger partial charge in [-0.15, -0.1) is 24.0 Å². The van der Waals surface area contributed by atoms with E-state index in [0.29, 0.717) is 25.0 Å². The fraction of sp³-hybridized carbons (Fsp3) is 0.731. The number of benzene rings is 1. The Morgan fingerprint density at radius 1 is 1.18 bits per heavy atom. The largest absolute Gasteiger partial charge is 0.493 e. The molecule has 3 unspecified atom stereocenters. The van der Waals surface area contributed by atoms with Crippen LogP contribution in [-0.2, 0) is 16.0 Å². The van der Waals surface area contributed by atoms with Crippen LogP contribution in [0.3, 0.4) is 0 Å². The summed E-state index contributed by atoms with van der Waals surface area (Å²) < 4.78 is 17.8. The highest BCUT2D eigenvalue weighted by Crippen LogP contribution is 2.33. The van der Waals surface area contributed by atoms with E-state index in [2.05, 4.69) is 63.5 Å². The molecule has 0 aromatic heterocycles. The Bertz CT molecular complexity index is 745. The smallest absolute Gasteiger partial charge is 0.191 e. The van der Waals surface area contributed by atoms with Crippen molar-refractivity contribution >= 4 is 29.9 Å². The molecule has 2 saturated heterocycles. The summed E-state index contributed by atoms with van der Waals surface area (Å²) >= 11 is 0. The summed E-state index contributed by atoms with van der Waals surface area (Å²) in [5.74, 6) is 2.75. The molecule has 2 heterocycles. The average Bonchev–Trinajstić information content (AvgIpc) is 3.28. The Kier molecular flexibility index (Phi) is 11.7. The number of nitrogens with zero attached hydrogens (tertiary/aromatic N) is 1. The maximum atomic E-state index is 6.19. The van der Waals surface area contributed by atoms with Gasteiger partial charge in [-0.2, -0.15) is 0 Å². The second-order valence-electron chi connectivity index (χ2n) is 10.3. The zero-order valence-electron chi connectivity index (χ0n) is 21.1. The molecule has 3 rings (SSSR count). The Labute approximate surface area is 217 Å². The average molecular weight is 574 g/mol. The van der Waals surface area contributed by atoms with Crippen LogP contribution in [0.2, 0.25) is 0 Å². The number of aliphatic imine (C=N–C) groups is 1. The number of guanidine groups is 1. The highest BCUT2D eigenvalue weighted by atomic mass is 127.